The van der Waals surface area contributed by atoms with Gasteiger partial charge in [-0.25, -0.2) is 4.39 Å². The Bertz CT molecular complexity index is 843. The van der Waals surface area contributed by atoms with Crippen molar-refractivity contribution < 1.29 is 14.0 Å². The molecule has 0 unspecified atom stereocenters. The number of halogens is 1. The van der Waals surface area contributed by atoms with Crippen molar-refractivity contribution in [3.05, 3.63) is 53.8 Å². The minimum atomic E-state index is -1.31. The summed E-state index contributed by atoms with van der Waals surface area (Å²) < 4.78 is 13.0. The molecule has 2 amide bonds. The Morgan fingerprint density at radius 1 is 0.964 bits per heavy atom. The SMILES string of the molecule is CCN(CC)c1ccc(NC(=O)C(C)(C)C(=O)Nc2ccc(F)cc2)c(C)c1. The van der Waals surface area contributed by atoms with E-state index in [4.69, 9.17) is 0 Å². The van der Waals surface area contributed by atoms with Crippen molar-refractivity contribution >= 4 is 28.9 Å². The molecule has 0 atom stereocenters. The Balaban J connectivity index is 2.11. The Kier molecular flexibility index (Phi) is 6.78. The van der Waals surface area contributed by atoms with Crippen LogP contribution < -0.4 is 15.5 Å². The third-order valence-corrected chi connectivity index (χ3v) is 4.82. The van der Waals surface area contributed by atoms with Crippen LogP contribution in [-0.2, 0) is 9.59 Å². The number of anilines is 3. The first-order chi connectivity index (χ1) is 13.2. The third-order valence-electron chi connectivity index (χ3n) is 4.82. The van der Waals surface area contributed by atoms with Crippen LogP contribution in [0.25, 0.3) is 0 Å². The monoisotopic (exact) mass is 385 g/mol. The maximum Gasteiger partial charge on any atom is 0.239 e. The highest BCUT2D eigenvalue weighted by Gasteiger charge is 2.36. The van der Waals surface area contributed by atoms with Crippen molar-refractivity contribution in [3.8, 4) is 0 Å². The molecule has 0 radical (unpaired) electrons. The van der Waals surface area contributed by atoms with Crippen molar-refractivity contribution in [2.45, 2.75) is 34.6 Å². The average Bonchev–Trinajstić information content (AvgIpc) is 2.66. The van der Waals surface area contributed by atoms with E-state index >= 15 is 0 Å². The standard InChI is InChI=1S/C22H28FN3O2/c1-6-26(7-2)18-12-13-19(15(3)14-18)25-21(28)22(4,5)20(27)24-17-10-8-16(23)9-11-17/h8-14H,6-7H2,1-5H3,(H,24,27)(H,25,28). The molecule has 0 fully saturated rings. The van der Waals surface area contributed by atoms with Crippen LogP contribution in [-0.4, -0.2) is 24.9 Å². The van der Waals surface area contributed by atoms with Gasteiger partial charge >= 0.3 is 0 Å². The molecule has 28 heavy (non-hydrogen) atoms. The Hall–Kier alpha value is -2.89. The molecule has 2 aromatic carbocycles. The molecule has 150 valence electrons. The molecule has 2 aromatic rings. The maximum atomic E-state index is 13.0. The summed E-state index contributed by atoms with van der Waals surface area (Å²) >= 11 is 0. The number of amides is 2. The van der Waals surface area contributed by atoms with E-state index < -0.39 is 23.0 Å². The predicted molar refractivity (Wildman–Crippen MR) is 112 cm³/mol. The molecule has 0 spiro atoms. The lowest BCUT2D eigenvalue weighted by Gasteiger charge is -2.25. The number of aryl methyl sites for hydroxylation is 1. The molecule has 0 aromatic heterocycles. The smallest absolute Gasteiger partial charge is 0.239 e. The van der Waals surface area contributed by atoms with Crippen LogP contribution in [0.3, 0.4) is 0 Å². The lowest BCUT2D eigenvalue weighted by atomic mass is 9.90. The van der Waals surface area contributed by atoms with Crippen molar-refractivity contribution in [3.63, 3.8) is 0 Å². The van der Waals surface area contributed by atoms with E-state index in [2.05, 4.69) is 29.4 Å². The number of nitrogens with zero attached hydrogens (tertiary/aromatic N) is 1. The number of carbonyl (C=O) groups excluding carboxylic acids is 2. The molecule has 0 heterocycles. The van der Waals surface area contributed by atoms with Crippen molar-refractivity contribution in [2.75, 3.05) is 28.6 Å². The topological polar surface area (TPSA) is 61.4 Å². The number of hydrogen-bond acceptors (Lipinski definition) is 3. The number of benzene rings is 2. The van der Waals surface area contributed by atoms with Crippen LogP contribution in [0.1, 0.15) is 33.3 Å². The lowest BCUT2D eigenvalue weighted by molar-refractivity contribution is -0.135. The second-order valence-corrected chi connectivity index (χ2v) is 7.21. The minimum absolute atomic E-state index is 0.390. The second-order valence-electron chi connectivity index (χ2n) is 7.21. The molecular weight excluding hydrogens is 357 g/mol. The number of hydrogen-bond donors (Lipinski definition) is 2. The molecule has 2 N–H and O–H groups in total. The van der Waals surface area contributed by atoms with Crippen molar-refractivity contribution in [1.82, 2.24) is 0 Å². The molecule has 2 rings (SSSR count). The summed E-state index contributed by atoms with van der Waals surface area (Å²) in [5.41, 5.74) is 1.81. The van der Waals surface area contributed by atoms with E-state index in [1.165, 1.54) is 24.3 Å². The number of nitrogens with one attached hydrogen (secondary N) is 2. The largest absolute Gasteiger partial charge is 0.372 e. The first-order valence-electron chi connectivity index (χ1n) is 9.43. The van der Waals surface area contributed by atoms with E-state index in [-0.39, 0.29) is 0 Å². The van der Waals surface area contributed by atoms with Crippen LogP contribution >= 0.6 is 0 Å². The van der Waals surface area contributed by atoms with Gasteiger partial charge in [-0.05, 0) is 82.6 Å². The summed E-state index contributed by atoms with van der Waals surface area (Å²) in [5, 5.41) is 5.51. The predicted octanol–water partition coefficient (Wildman–Crippen LogP) is 4.58. The fourth-order valence-electron chi connectivity index (χ4n) is 2.78. The Morgan fingerprint density at radius 3 is 2.07 bits per heavy atom. The molecular formula is C22H28FN3O2. The second kappa shape index (κ2) is 8.87. The number of carbonyl (C=O) groups is 2. The van der Waals surface area contributed by atoms with E-state index in [0.29, 0.717) is 11.4 Å². The van der Waals surface area contributed by atoms with Gasteiger partial charge in [-0.15, -0.1) is 0 Å². The van der Waals surface area contributed by atoms with Gasteiger partial charge in [0.15, 0.2) is 0 Å². The van der Waals surface area contributed by atoms with Gasteiger partial charge in [-0.1, -0.05) is 0 Å². The zero-order valence-corrected chi connectivity index (χ0v) is 17.1. The van der Waals surface area contributed by atoms with Gasteiger partial charge in [0.05, 0.1) is 0 Å². The van der Waals surface area contributed by atoms with Gasteiger partial charge in [0.25, 0.3) is 0 Å². The minimum Gasteiger partial charge on any atom is -0.372 e. The van der Waals surface area contributed by atoms with Gasteiger partial charge in [-0.3, -0.25) is 9.59 Å². The van der Waals surface area contributed by atoms with Crippen LogP contribution in [0, 0.1) is 18.2 Å². The van der Waals surface area contributed by atoms with E-state index in [9.17, 15) is 14.0 Å². The van der Waals surface area contributed by atoms with Gasteiger partial charge in [0, 0.05) is 30.2 Å². The van der Waals surface area contributed by atoms with Crippen LogP contribution in [0.2, 0.25) is 0 Å². The number of rotatable bonds is 7. The highest BCUT2D eigenvalue weighted by molar-refractivity contribution is 6.14. The summed E-state index contributed by atoms with van der Waals surface area (Å²) in [6.07, 6.45) is 0. The Labute approximate surface area is 165 Å². The molecule has 5 nitrogen and oxygen atoms in total. The van der Waals surface area contributed by atoms with Crippen molar-refractivity contribution in [2.24, 2.45) is 5.41 Å². The first kappa shape index (κ1) is 21.4. The van der Waals surface area contributed by atoms with Gasteiger partial charge in [0.1, 0.15) is 11.2 Å². The molecule has 0 saturated heterocycles. The van der Waals surface area contributed by atoms with E-state index in [0.717, 1.165) is 24.3 Å². The van der Waals surface area contributed by atoms with Crippen LogP contribution in [0.4, 0.5) is 21.5 Å². The average molecular weight is 385 g/mol. The van der Waals surface area contributed by atoms with E-state index in [1.54, 1.807) is 13.8 Å². The summed E-state index contributed by atoms with van der Waals surface area (Å²) in [7, 11) is 0. The van der Waals surface area contributed by atoms with Crippen LogP contribution in [0.15, 0.2) is 42.5 Å². The maximum absolute atomic E-state index is 13.0. The van der Waals surface area contributed by atoms with Crippen LogP contribution in [0.5, 0.6) is 0 Å². The zero-order valence-electron chi connectivity index (χ0n) is 17.1. The quantitative estimate of drug-likeness (QED) is 0.686. The van der Waals surface area contributed by atoms with Gasteiger partial charge < -0.3 is 15.5 Å². The molecule has 0 bridgehead atoms. The fraction of sp³-hybridized carbons (Fsp3) is 0.364. The first-order valence-corrected chi connectivity index (χ1v) is 9.43. The van der Waals surface area contributed by atoms with E-state index in [1.807, 2.05) is 25.1 Å². The fourth-order valence-corrected chi connectivity index (χ4v) is 2.78. The molecule has 0 aliphatic rings. The molecule has 6 heteroatoms. The third kappa shape index (κ3) is 4.88. The van der Waals surface area contributed by atoms with Crippen molar-refractivity contribution in [1.29, 1.82) is 0 Å². The Morgan fingerprint density at radius 2 is 1.54 bits per heavy atom. The highest BCUT2D eigenvalue weighted by Crippen LogP contribution is 2.26. The summed E-state index contributed by atoms with van der Waals surface area (Å²) in [6.45, 7) is 11.0. The van der Waals surface area contributed by atoms with Gasteiger partial charge in [-0.2, -0.15) is 0 Å². The highest BCUT2D eigenvalue weighted by atomic mass is 19.1. The zero-order chi connectivity index (χ0) is 20.9. The molecule has 0 aliphatic heterocycles. The van der Waals surface area contributed by atoms with Gasteiger partial charge in [0.2, 0.25) is 11.8 Å². The summed E-state index contributed by atoms with van der Waals surface area (Å²) in [5.74, 6) is -1.27. The summed E-state index contributed by atoms with van der Waals surface area (Å²) in [6, 6.07) is 11.3. The molecule has 0 aliphatic carbocycles. The normalized spacial score (nSPS) is 11.1. The molecule has 0 saturated carbocycles. The summed E-state index contributed by atoms with van der Waals surface area (Å²) in [4.78, 5) is 27.6. The lowest BCUT2D eigenvalue weighted by Crippen LogP contribution is -2.41.